The highest BCUT2D eigenvalue weighted by Crippen LogP contribution is 2.37. The number of imidazole rings is 1. The highest BCUT2D eigenvalue weighted by molar-refractivity contribution is 6.42. The van der Waals surface area contributed by atoms with Crippen molar-refractivity contribution in [3.05, 3.63) is 27.5 Å². The Morgan fingerprint density at radius 2 is 1.86 bits per heavy atom. The number of rotatable bonds is 2. The van der Waals surface area contributed by atoms with E-state index in [4.69, 9.17) is 39.5 Å². The normalized spacial score (nSPS) is 29.4. The van der Waals surface area contributed by atoms with Gasteiger partial charge in [-0.1, -0.05) is 23.2 Å². The number of alkyl halides is 1. The summed E-state index contributed by atoms with van der Waals surface area (Å²) in [6.45, 7) is -0.925. The van der Waals surface area contributed by atoms with Crippen LogP contribution in [0.5, 0.6) is 0 Å². The van der Waals surface area contributed by atoms with Gasteiger partial charge >= 0.3 is 0 Å². The molecular formula is C12H10Cl3FN2O3. The van der Waals surface area contributed by atoms with Crippen molar-refractivity contribution in [2.45, 2.75) is 24.5 Å². The van der Waals surface area contributed by atoms with Gasteiger partial charge in [0.2, 0.25) is 5.28 Å². The molecular weight excluding hydrogens is 346 g/mol. The molecule has 1 saturated heterocycles. The van der Waals surface area contributed by atoms with Crippen molar-refractivity contribution in [2.75, 3.05) is 6.67 Å². The lowest BCUT2D eigenvalue weighted by Gasteiger charge is -2.18. The van der Waals surface area contributed by atoms with Crippen molar-refractivity contribution < 1.29 is 19.3 Å². The predicted octanol–water partition coefficient (Wildman–Crippen LogP) is 2.59. The van der Waals surface area contributed by atoms with Crippen LogP contribution >= 0.6 is 34.8 Å². The molecule has 0 bridgehead atoms. The van der Waals surface area contributed by atoms with Crippen LogP contribution in [0.15, 0.2) is 12.1 Å². The van der Waals surface area contributed by atoms with Crippen LogP contribution < -0.4 is 0 Å². The van der Waals surface area contributed by atoms with Gasteiger partial charge in [0.1, 0.15) is 25.0 Å². The first kappa shape index (κ1) is 15.3. The first-order valence-electron chi connectivity index (χ1n) is 6.04. The summed E-state index contributed by atoms with van der Waals surface area (Å²) < 4.78 is 19.5. The molecule has 0 radical (unpaired) electrons. The summed E-state index contributed by atoms with van der Waals surface area (Å²) in [5, 5.41) is 20.4. The average Bonchev–Trinajstić information content (AvgIpc) is 2.89. The summed E-state index contributed by atoms with van der Waals surface area (Å²) in [4.78, 5) is 4.09. The number of hydrogen-bond donors (Lipinski definition) is 2. The number of halogens is 4. The molecule has 0 spiro atoms. The number of aliphatic hydroxyl groups is 2. The highest BCUT2D eigenvalue weighted by atomic mass is 35.5. The lowest BCUT2D eigenvalue weighted by Crippen LogP contribution is -2.32. The molecule has 0 aliphatic carbocycles. The summed E-state index contributed by atoms with van der Waals surface area (Å²) in [6, 6.07) is 3.04. The van der Waals surface area contributed by atoms with Crippen molar-refractivity contribution in [2.24, 2.45) is 0 Å². The second-order valence-corrected chi connectivity index (χ2v) is 5.86. The van der Waals surface area contributed by atoms with Gasteiger partial charge in [-0.2, -0.15) is 0 Å². The third-order valence-corrected chi connectivity index (χ3v) is 4.42. The Bertz CT molecular complexity index is 696. The van der Waals surface area contributed by atoms with Crippen molar-refractivity contribution in [3.8, 4) is 0 Å². The third-order valence-electron chi connectivity index (χ3n) is 3.43. The van der Waals surface area contributed by atoms with Crippen molar-refractivity contribution in [3.63, 3.8) is 0 Å². The van der Waals surface area contributed by atoms with Crippen LogP contribution in [-0.4, -0.2) is 44.8 Å². The van der Waals surface area contributed by atoms with Gasteiger partial charge in [-0.3, -0.25) is 4.57 Å². The van der Waals surface area contributed by atoms with Crippen LogP contribution in [-0.2, 0) is 4.74 Å². The molecule has 1 aromatic carbocycles. The van der Waals surface area contributed by atoms with Gasteiger partial charge in [-0.15, -0.1) is 0 Å². The van der Waals surface area contributed by atoms with Gasteiger partial charge in [0.05, 0.1) is 21.1 Å². The summed E-state index contributed by atoms with van der Waals surface area (Å²) in [5.41, 5.74) is 0.911. The van der Waals surface area contributed by atoms with E-state index in [1.54, 1.807) is 0 Å². The molecule has 1 aliphatic rings. The van der Waals surface area contributed by atoms with Crippen LogP contribution in [0.25, 0.3) is 11.0 Å². The summed E-state index contributed by atoms with van der Waals surface area (Å²) in [6.07, 6.45) is -4.87. The number of aliphatic hydroxyl groups excluding tert-OH is 2. The summed E-state index contributed by atoms with van der Waals surface area (Å²) in [7, 11) is 0. The van der Waals surface area contributed by atoms with E-state index in [0.29, 0.717) is 16.1 Å². The predicted molar refractivity (Wildman–Crippen MR) is 76.7 cm³/mol. The maximum Gasteiger partial charge on any atom is 0.206 e. The number of ether oxygens (including phenoxy) is 1. The van der Waals surface area contributed by atoms with Gasteiger partial charge < -0.3 is 14.9 Å². The first-order valence-corrected chi connectivity index (χ1v) is 7.17. The van der Waals surface area contributed by atoms with E-state index < -0.39 is 31.2 Å². The van der Waals surface area contributed by atoms with Gasteiger partial charge in [-0.25, -0.2) is 9.37 Å². The molecule has 3 rings (SSSR count). The lowest BCUT2D eigenvalue weighted by molar-refractivity contribution is -0.0404. The lowest BCUT2D eigenvalue weighted by atomic mass is 10.1. The molecule has 1 aromatic heterocycles. The third kappa shape index (κ3) is 2.40. The molecule has 2 aromatic rings. The Morgan fingerprint density at radius 1 is 1.19 bits per heavy atom. The zero-order valence-electron chi connectivity index (χ0n) is 10.4. The molecule has 21 heavy (non-hydrogen) atoms. The van der Waals surface area contributed by atoms with Gasteiger partial charge in [0.25, 0.3) is 0 Å². The maximum atomic E-state index is 12.8. The van der Waals surface area contributed by atoms with Gasteiger partial charge in [-0.05, 0) is 23.7 Å². The van der Waals surface area contributed by atoms with Crippen molar-refractivity contribution in [1.82, 2.24) is 9.55 Å². The Morgan fingerprint density at radius 3 is 2.48 bits per heavy atom. The van der Waals surface area contributed by atoms with Crippen molar-refractivity contribution in [1.29, 1.82) is 0 Å². The summed E-state index contributed by atoms with van der Waals surface area (Å²) >= 11 is 17.9. The quantitative estimate of drug-likeness (QED) is 0.869. The SMILES string of the molecule is OC1C(CF)OC(n2c(Cl)nc3cc(Cl)c(Cl)cc32)C1O. The van der Waals surface area contributed by atoms with E-state index in [1.165, 1.54) is 16.7 Å². The molecule has 0 saturated carbocycles. The minimum atomic E-state index is -1.35. The molecule has 4 unspecified atom stereocenters. The molecule has 5 nitrogen and oxygen atoms in total. The fourth-order valence-corrected chi connectivity index (χ4v) is 2.97. The minimum absolute atomic E-state index is 0.0130. The second kappa shape index (κ2) is 5.53. The average molecular weight is 356 g/mol. The van der Waals surface area contributed by atoms with Crippen molar-refractivity contribution >= 4 is 45.8 Å². The molecule has 114 valence electrons. The number of benzene rings is 1. The topological polar surface area (TPSA) is 67.5 Å². The number of nitrogens with zero attached hydrogens (tertiary/aromatic N) is 2. The minimum Gasteiger partial charge on any atom is -0.387 e. The van der Waals surface area contributed by atoms with E-state index in [9.17, 15) is 14.6 Å². The molecule has 2 N–H and O–H groups in total. The van der Waals surface area contributed by atoms with Crippen LogP contribution in [0, 0.1) is 0 Å². The Labute approximate surface area is 133 Å². The van der Waals surface area contributed by atoms with E-state index in [-0.39, 0.29) is 10.3 Å². The standard InChI is InChI=1S/C12H10Cl3FN2O3/c13-4-1-6-7(2-5(4)14)18(12(15)17-6)11-10(20)9(19)8(3-16)21-11/h1-2,8-11,19-20H,3H2. The summed E-state index contributed by atoms with van der Waals surface area (Å²) in [5.74, 6) is 0. The monoisotopic (exact) mass is 354 g/mol. The largest absolute Gasteiger partial charge is 0.387 e. The second-order valence-electron chi connectivity index (χ2n) is 4.71. The first-order chi connectivity index (χ1) is 9.93. The number of fused-ring (bicyclic) bond motifs is 1. The molecule has 4 atom stereocenters. The van der Waals surface area contributed by atoms with E-state index in [1.807, 2.05) is 0 Å². The van der Waals surface area contributed by atoms with Crippen LogP contribution in [0.3, 0.4) is 0 Å². The van der Waals surface area contributed by atoms with Gasteiger partial charge in [0, 0.05) is 0 Å². The Balaban J connectivity index is 2.12. The molecule has 9 heteroatoms. The zero-order valence-corrected chi connectivity index (χ0v) is 12.6. The van der Waals surface area contributed by atoms with Gasteiger partial charge in [0.15, 0.2) is 6.23 Å². The fourth-order valence-electron chi connectivity index (χ4n) is 2.37. The van der Waals surface area contributed by atoms with Crippen LogP contribution in [0.1, 0.15) is 6.23 Å². The van der Waals surface area contributed by atoms with Crippen LogP contribution in [0.4, 0.5) is 4.39 Å². The number of hydrogen-bond acceptors (Lipinski definition) is 4. The highest BCUT2D eigenvalue weighted by Gasteiger charge is 2.44. The zero-order chi connectivity index (χ0) is 15.3. The van der Waals surface area contributed by atoms with E-state index in [0.717, 1.165) is 0 Å². The van der Waals surface area contributed by atoms with E-state index in [2.05, 4.69) is 4.98 Å². The maximum absolute atomic E-state index is 12.8. The molecule has 1 aliphatic heterocycles. The van der Waals surface area contributed by atoms with Crippen LogP contribution in [0.2, 0.25) is 15.3 Å². The molecule has 2 heterocycles. The molecule has 1 fully saturated rings. The smallest absolute Gasteiger partial charge is 0.206 e. The fraction of sp³-hybridized carbons (Fsp3) is 0.417. The molecule has 0 amide bonds. The number of aromatic nitrogens is 2. The van der Waals surface area contributed by atoms with E-state index >= 15 is 0 Å². The Hall–Kier alpha value is -0.630. The Kier molecular flexibility index (Phi) is 4.02.